The Morgan fingerprint density at radius 1 is 0.950 bits per heavy atom. The molecule has 0 saturated carbocycles. The normalized spacial score (nSPS) is 38.4. The van der Waals surface area contributed by atoms with E-state index in [0.717, 1.165) is 11.1 Å². The molecule has 7 rings (SSSR count). The van der Waals surface area contributed by atoms with Gasteiger partial charge in [-0.1, -0.05) is 26.8 Å². The van der Waals surface area contributed by atoms with Gasteiger partial charge in [0.15, 0.2) is 30.4 Å². The number of aromatic carboxylic acids is 1. The van der Waals surface area contributed by atoms with Crippen LogP contribution in [0.15, 0.2) is 23.1 Å². The highest BCUT2D eigenvalue weighted by molar-refractivity contribution is 5.94. The molecule has 0 spiro atoms. The SMILES string of the molecule is CC[C@H]1OC(=O)[C@H](C)[C@@H](O[C@H]2C[C@@](C)(OC)[C@@H](OC(=O)CCNCCCc3cc4c5c(c3)c(=O)c(C(=O)O)cn5C(C)OC4)[C@H](C)O2)[C@H](C)[C@@H](O[C@@H]2O[C@H](C)C[C@H](N(C)C)[C@H]2O)[C@](C)(O)C[C@@H](C)CN(C)[C@H](C)[C@H]2OC(=O)O[C@@]21C. The number of likely N-dealkylation sites (N-methyl/N-ethyl adjacent to an activating group) is 2. The van der Waals surface area contributed by atoms with E-state index in [2.05, 4.69) is 5.32 Å². The second-order valence-electron chi connectivity index (χ2n) is 24.3. The second-order valence-corrected chi connectivity index (χ2v) is 24.3. The van der Waals surface area contributed by atoms with E-state index >= 15 is 0 Å². The zero-order valence-corrected chi connectivity index (χ0v) is 49.6. The molecule has 4 saturated heterocycles. The molecule has 0 aliphatic carbocycles. The van der Waals surface area contributed by atoms with Gasteiger partial charge in [0.1, 0.15) is 29.6 Å². The lowest BCUT2D eigenvalue weighted by molar-refractivity contribution is -0.318. The van der Waals surface area contributed by atoms with Crippen molar-refractivity contribution in [1.82, 2.24) is 19.7 Å². The lowest BCUT2D eigenvalue weighted by Gasteiger charge is -2.49. The van der Waals surface area contributed by atoms with Gasteiger partial charge >= 0.3 is 24.1 Å². The minimum absolute atomic E-state index is 0.0296. The number of nitrogens with one attached hydrogen (secondary N) is 1. The average Bonchev–Trinajstić information content (AvgIpc) is 3.80. The number of hydrogen-bond donors (Lipinski definition) is 4. The van der Waals surface area contributed by atoms with Crippen LogP contribution in [0.5, 0.6) is 0 Å². The number of carboxylic acid groups (broad SMARTS) is 1. The maximum atomic E-state index is 14.8. The van der Waals surface area contributed by atoms with Crippen LogP contribution in [0.1, 0.15) is 142 Å². The van der Waals surface area contributed by atoms with Crippen LogP contribution in [0.4, 0.5) is 4.79 Å². The van der Waals surface area contributed by atoms with E-state index in [1.54, 1.807) is 52.2 Å². The Hall–Kier alpha value is -4.33. The van der Waals surface area contributed by atoms with Gasteiger partial charge in [0, 0.05) is 61.8 Å². The summed E-state index contributed by atoms with van der Waals surface area (Å²) in [6.45, 7) is 21.5. The first-order valence-electron chi connectivity index (χ1n) is 28.5. The minimum atomic E-state index is -1.63. The van der Waals surface area contributed by atoms with Crippen LogP contribution in [0, 0.1) is 17.8 Å². The van der Waals surface area contributed by atoms with Crippen LogP contribution in [0.2, 0.25) is 0 Å². The van der Waals surface area contributed by atoms with E-state index in [4.69, 9.17) is 47.4 Å². The lowest BCUT2D eigenvalue weighted by atomic mass is 9.77. The lowest BCUT2D eigenvalue weighted by Crippen LogP contribution is -2.61. The number of nitrogens with zero attached hydrogens (tertiary/aromatic N) is 3. The first-order valence-corrected chi connectivity index (χ1v) is 28.5. The number of esters is 2. The Bertz CT molecular complexity index is 2580. The van der Waals surface area contributed by atoms with Crippen LogP contribution in [-0.2, 0) is 70.0 Å². The third kappa shape index (κ3) is 13.5. The molecule has 19 atom stereocenters. The number of rotatable bonds is 16. The second kappa shape index (κ2) is 25.7. The van der Waals surface area contributed by atoms with Gasteiger partial charge in [-0.2, -0.15) is 0 Å². The van der Waals surface area contributed by atoms with Crippen molar-refractivity contribution in [1.29, 1.82) is 0 Å². The van der Waals surface area contributed by atoms with Gasteiger partial charge in [0.25, 0.3) is 0 Å². The molecule has 2 aromatic rings. The maximum absolute atomic E-state index is 14.8. The molecule has 0 bridgehead atoms. The predicted octanol–water partition coefficient (Wildman–Crippen LogP) is 5.31. The van der Waals surface area contributed by atoms with Crippen molar-refractivity contribution in [2.75, 3.05) is 47.9 Å². The summed E-state index contributed by atoms with van der Waals surface area (Å²) in [6, 6.07) is 3.02. The van der Waals surface area contributed by atoms with Gasteiger partial charge in [0.05, 0.1) is 54.5 Å². The number of cyclic esters (lactones) is 1. The zero-order chi connectivity index (χ0) is 58.9. The number of benzene rings is 1. The number of carbonyl (C=O) groups excluding carboxylic acids is 3. The summed E-state index contributed by atoms with van der Waals surface area (Å²) in [7, 11) is 7.17. The van der Waals surface area contributed by atoms with Crippen LogP contribution in [0.3, 0.4) is 0 Å². The number of aryl methyl sites for hydroxylation is 1. The first kappa shape index (κ1) is 63.3. The van der Waals surface area contributed by atoms with Crippen LogP contribution >= 0.6 is 0 Å². The molecule has 1 aromatic carbocycles. The Balaban J connectivity index is 1.07. The van der Waals surface area contributed by atoms with E-state index < -0.39 is 126 Å². The largest absolute Gasteiger partial charge is 0.509 e. The number of methoxy groups -OCH3 is 1. The fourth-order valence-electron chi connectivity index (χ4n) is 13.1. The predicted molar refractivity (Wildman–Crippen MR) is 292 cm³/mol. The van der Waals surface area contributed by atoms with Crippen LogP contribution in [-0.4, -0.2) is 192 Å². The topological polar surface area (TPSA) is 262 Å². The summed E-state index contributed by atoms with van der Waals surface area (Å²) in [5, 5.41) is 38.0. The first-order chi connectivity index (χ1) is 37.5. The maximum Gasteiger partial charge on any atom is 0.509 e. The van der Waals surface area contributed by atoms with Crippen LogP contribution < -0.4 is 10.7 Å². The standard InChI is InChI=1S/C58H90N4O18/c1-16-42-58(11)50(79-55(69)80-58)34(6)61(14)27-30(2)25-56(9,70)49(78-54-47(65)41(60(12)13)22-31(3)73-54)32(4)48(33(5)53(68)75-42)77-44-26-57(10,71-15)51(35(7)74-44)76-43(63)19-21-59-20-17-18-37-23-38-29-72-36(8)62-28-40(52(66)67)46(64)39(24-37)45(38)62/h23-24,28,30-36,41-42,44,47-51,54,59,65,70H,16-22,25-27,29H2,1-15H3,(H,66,67)/t30-,31-,32+,33-,34-,35+,36?,41+,42-,44+,47-,48+,49-,50-,51+,54+,56-,57-,58-/m1/s1. The molecular weight excluding hydrogens is 1040 g/mol. The van der Waals surface area contributed by atoms with Crippen molar-refractivity contribution >= 4 is 35.0 Å². The molecule has 4 N–H and O–H groups in total. The Kier molecular flexibility index (Phi) is 20.3. The summed E-state index contributed by atoms with van der Waals surface area (Å²) in [5.41, 5.74) is -2.65. The third-order valence-electron chi connectivity index (χ3n) is 17.6. The minimum Gasteiger partial charge on any atom is -0.477 e. The highest BCUT2D eigenvalue weighted by Gasteiger charge is 2.58. The summed E-state index contributed by atoms with van der Waals surface area (Å²) >= 11 is 0. The number of aliphatic hydroxyl groups is 2. The van der Waals surface area contributed by atoms with Crippen molar-refractivity contribution in [2.24, 2.45) is 17.8 Å². The molecular formula is C58H90N4O18. The molecule has 5 aliphatic heterocycles. The fraction of sp³-hybridized carbons (Fsp3) is 0.776. The van der Waals surface area contributed by atoms with E-state index in [1.807, 2.05) is 71.6 Å². The van der Waals surface area contributed by atoms with Gasteiger partial charge in [-0.3, -0.25) is 19.3 Å². The molecule has 22 nitrogen and oxygen atoms in total. The Morgan fingerprint density at radius 3 is 2.33 bits per heavy atom. The Labute approximate surface area is 470 Å². The number of aromatic nitrogens is 1. The van der Waals surface area contributed by atoms with Gasteiger partial charge in [0.2, 0.25) is 5.43 Å². The molecule has 80 heavy (non-hydrogen) atoms. The molecule has 4 fully saturated rings. The number of ether oxygens (including phenoxy) is 10. The average molecular weight is 1130 g/mol. The van der Waals surface area contributed by atoms with E-state index in [1.165, 1.54) is 13.3 Å². The number of pyridine rings is 1. The molecule has 0 amide bonds. The van der Waals surface area contributed by atoms with Crippen LogP contribution in [0.25, 0.3) is 10.9 Å². The number of aliphatic hydroxyl groups excluding tert-OH is 1. The van der Waals surface area contributed by atoms with E-state index in [-0.39, 0.29) is 49.3 Å². The highest BCUT2D eigenvalue weighted by atomic mass is 16.8. The number of fused-ring (bicyclic) bond motifs is 1. The van der Waals surface area contributed by atoms with Gasteiger partial charge < -0.3 is 77.5 Å². The zero-order valence-electron chi connectivity index (χ0n) is 49.6. The molecule has 1 unspecified atom stereocenters. The number of carbonyl (C=O) groups is 4. The summed E-state index contributed by atoms with van der Waals surface area (Å²) in [6.07, 6.45) is -6.91. The highest BCUT2D eigenvalue weighted by Crippen LogP contribution is 2.43. The van der Waals surface area contributed by atoms with E-state index in [0.29, 0.717) is 56.4 Å². The molecule has 6 heterocycles. The van der Waals surface area contributed by atoms with Crippen molar-refractivity contribution in [3.05, 3.63) is 45.2 Å². The van der Waals surface area contributed by atoms with Gasteiger partial charge in [-0.05, 0) is 133 Å². The monoisotopic (exact) mass is 1130 g/mol. The quantitative estimate of drug-likeness (QED) is 0.0943. The molecule has 22 heteroatoms. The van der Waals surface area contributed by atoms with E-state index in [9.17, 15) is 39.3 Å². The third-order valence-corrected chi connectivity index (χ3v) is 17.6. The summed E-state index contributed by atoms with van der Waals surface area (Å²) < 4.78 is 64.7. The summed E-state index contributed by atoms with van der Waals surface area (Å²) in [5.74, 6) is -4.55. The van der Waals surface area contributed by atoms with Gasteiger partial charge in [-0.25, -0.2) is 9.59 Å². The van der Waals surface area contributed by atoms with Crippen molar-refractivity contribution in [3.8, 4) is 0 Å². The molecule has 1 aromatic heterocycles. The molecule has 0 radical (unpaired) electrons. The van der Waals surface area contributed by atoms with Gasteiger partial charge in [-0.15, -0.1) is 0 Å². The van der Waals surface area contributed by atoms with Crippen molar-refractivity contribution < 1.29 is 81.9 Å². The van der Waals surface area contributed by atoms with Crippen molar-refractivity contribution in [2.45, 2.75) is 224 Å². The smallest absolute Gasteiger partial charge is 0.477 e. The number of carboxylic acids is 1. The number of hydrogen-bond acceptors (Lipinski definition) is 20. The van der Waals surface area contributed by atoms with Crippen molar-refractivity contribution in [3.63, 3.8) is 0 Å². The Morgan fingerprint density at radius 2 is 1.66 bits per heavy atom. The fourth-order valence-corrected chi connectivity index (χ4v) is 13.1. The molecule has 450 valence electrons. The molecule has 5 aliphatic rings. The summed E-state index contributed by atoms with van der Waals surface area (Å²) in [4.78, 5) is 70.5.